The average molecular weight is 422 g/mol. The Morgan fingerprint density at radius 1 is 1.24 bits per heavy atom. The van der Waals surface area contributed by atoms with Gasteiger partial charge in [-0.15, -0.1) is 10.2 Å². The van der Waals surface area contributed by atoms with Gasteiger partial charge in [-0.25, -0.2) is 8.42 Å². The number of benzene rings is 1. The van der Waals surface area contributed by atoms with Crippen molar-refractivity contribution in [3.05, 3.63) is 42.0 Å². The fourth-order valence-corrected chi connectivity index (χ4v) is 4.03. The summed E-state index contributed by atoms with van der Waals surface area (Å²) in [5.74, 6) is 1.63. The van der Waals surface area contributed by atoms with E-state index in [-0.39, 0.29) is 6.04 Å². The molecular formula is C19H31N7O2S. The van der Waals surface area contributed by atoms with Gasteiger partial charge in [-0.3, -0.25) is 4.99 Å². The predicted octanol–water partition coefficient (Wildman–Crippen LogP) is 1.23. The Kier molecular flexibility index (Phi) is 8.15. The van der Waals surface area contributed by atoms with Crippen molar-refractivity contribution in [2.75, 3.05) is 20.6 Å². The Morgan fingerprint density at radius 2 is 1.93 bits per heavy atom. The van der Waals surface area contributed by atoms with Gasteiger partial charge in [0, 0.05) is 46.2 Å². The smallest absolute Gasteiger partial charge is 0.243 e. The fourth-order valence-electron chi connectivity index (χ4n) is 2.66. The Morgan fingerprint density at radius 3 is 2.52 bits per heavy atom. The number of nitrogens with one attached hydrogen (secondary N) is 2. The van der Waals surface area contributed by atoms with Crippen molar-refractivity contribution in [2.45, 2.75) is 51.2 Å². The second-order valence-corrected chi connectivity index (χ2v) is 8.90. The summed E-state index contributed by atoms with van der Waals surface area (Å²) in [7, 11) is -0.163. The summed E-state index contributed by atoms with van der Waals surface area (Å²) >= 11 is 0. The molecule has 1 heterocycles. The third-order valence-electron chi connectivity index (χ3n) is 4.67. The Bertz CT molecular complexity index is 905. The fraction of sp³-hybridized carbons (Fsp3) is 0.526. The van der Waals surface area contributed by atoms with Gasteiger partial charge in [0.2, 0.25) is 10.0 Å². The number of hydrogen-bond acceptors (Lipinski definition) is 5. The van der Waals surface area contributed by atoms with Crippen LogP contribution in [-0.4, -0.2) is 60.1 Å². The lowest BCUT2D eigenvalue weighted by molar-refractivity contribution is 0.410. The summed E-state index contributed by atoms with van der Waals surface area (Å²) in [6, 6.07) is 6.81. The summed E-state index contributed by atoms with van der Waals surface area (Å²) in [5.41, 5.74) is 0.964. The molecule has 0 spiro atoms. The van der Waals surface area contributed by atoms with E-state index in [1.807, 2.05) is 37.5 Å². The van der Waals surface area contributed by atoms with Crippen molar-refractivity contribution in [3.63, 3.8) is 0 Å². The number of nitrogens with zero attached hydrogens (tertiary/aromatic N) is 5. The number of aryl methyl sites for hydroxylation is 1. The lowest BCUT2D eigenvalue weighted by Gasteiger charge is -2.21. The molecule has 0 saturated heterocycles. The molecule has 2 N–H and O–H groups in total. The Labute approximate surface area is 173 Å². The maximum atomic E-state index is 12.5. The van der Waals surface area contributed by atoms with Gasteiger partial charge < -0.3 is 15.2 Å². The van der Waals surface area contributed by atoms with Crippen LogP contribution in [0.2, 0.25) is 0 Å². The van der Waals surface area contributed by atoms with Gasteiger partial charge >= 0.3 is 0 Å². The molecule has 0 aliphatic heterocycles. The minimum Gasteiger partial charge on any atom is -0.355 e. The Balaban J connectivity index is 1.88. The van der Waals surface area contributed by atoms with Crippen molar-refractivity contribution in [2.24, 2.45) is 4.99 Å². The van der Waals surface area contributed by atoms with E-state index in [0.717, 1.165) is 24.4 Å². The van der Waals surface area contributed by atoms with Crippen LogP contribution in [0.15, 0.2) is 40.5 Å². The second kappa shape index (κ2) is 10.4. The van der Waals surface area contributed by atoms with Gasteiger partial charge in [0.25, 0.3) is 0 Å². The highest BCUT2D eigenvalue weighted by atomic mass is 32.2. The molecule has 0 atom stereocenters. The van der Waals surface area contributed by atoms with Gasteiger partial charge in [0.05, 0.1) is 4.90 Å². The molecule has 0 aliphatic carbocycles. The van der Waals surface area contributed by atoms with Gasteiger partial charge in [-0.2, -0.15) is 4.31 Å². The van der Waals surface area contributed by atoms with Gasteiger partial charge in [0.1, 0.15) is 12.2 Å². The van der Waals surface area contributed by atoms with E-state index in [2.05, 4.69) is 25.8 Å². The largest absolute Gasteiger partial charge is 0.355 e. The lowest BCUT2D eigenvalue weighted by atomic mass is 10.2. The molecule has 1 aromatic carbocycles. The first-order valence-electron chi connectivity index (χ1n) is 9.67. The number of sulfonamides is 1. The molecule has 2 aromatic rings. The van der Waals surface area contributed by atoms with E-state index < -0.39 is 10.0 Å². The van der Waals surface area contributed by atoms with E-state index in [0.29, 0.717) is 23.9 Å². The zero-order valence-corrected chi connectivity index (χ0v) is 18.6. The number of rotatable bonds is 9. The van der Waals surface area contributed by atoms with E-state index in [1.54, 1.807) is 32.6 Å². The minimum atomic E-state index is -3.47. The molecule has 0 amide bonds. The van der Waals surface area contributed by atoms with Crippen LogP contribution in [0.3, 0.4) is 0 Å². The molecule has 0 fully saturated rings. The second-order valence-electron chi connectivity index (χ2n) is 6.91. The molecule has 0 aliphatic rings. The molecule has 0 radical (unpaired) electrons. The molecule has 0 saturated carbocycles. The van der Waals surface area contributed by atoms with E-state index in [9.17, 15) is 8.42 Å². The van der Waals surface area contributed by atoms with Crippen molar-refractivity contribution >= 4 is 16.0 Å². The first-order chi connectivity index (χ1) is 13.8. The number of guanidine groups is 1. The highest BCUT2D eigenvalue weighted by Crippen LogP contribution is 2.17. The Hall–Kier alpha value is -2.46. The molecule has 2 rings (SSSR count). The maximum Gasteiger partial charge on any atom is 0.243 e. The third-order valence-corrected chi connectivity index (χ3v) is 6.72. The van der Waals surface area contributed by atoms with Crippen molar-refractivity contribution in [3.8, 4) is 0 Å². The van der Waals surface area contributed by atoms with Crippen LogP contribution in [0, 0.1) is 0 Å². The van der Waals surface area contributed by atoms with E-state index >= 15 is 0 Å². The SMILES string of the molecule is CCc1nncn1CCNC(=NC)NCc1ccc(S(=O)(=O)N(C)C(C)C)cc1. The van der Waals surface area contributed by atoms with Gasteiger partial charge in [0.15, 0.2) is 5.96 Å². The van der Waals surface area contributed by atoms with Crippen LogP contribution in [-0.2, 0) is 29.5 Å². The van der Waals surface area contributed by atoms with Gasteiger partial charge in [-0.1, -0.05) is 19.1 Å². The molecule has 10 heteroatoms. The molecular weight excluding hydrogens is 390 g/mol. The molecule has 160 valence electrons. The number of hydrogen-bond donors (Lipinski definition) is 2. The standard InChI is InChI=1S/C19H31N7O2S/c1-6-18-24-23-14-26(18)12-11-21-19(20-4)22-13-16-7-9-17(10-8-16)29(27,28)25(5)15(2)3/h7-10,14-15H,6,11-13H2,1-5H3,(H2,20,21,22). The first kappa shape index (κ1) is 22.8. The van der Waals surface area contributed by atoms with Crippen LogP contribution in [0.25, 0.3) is 0 Å². The van der Waals surface area contributed by atoms with Crippen molar-refractivity contribution in [1.82, 2.24) is 29.7 Å². The lowest BCUT2D eigenvalue weighted by Crippen LogP contribution is -2.38. The highest BCUT2D eigenvalue weighted by Gasteiger charge is 2.22. The van der Waals surface area contributed by atoms with Crippen LogP contribution < -0.4 is 10.6 Å². The normalized spacial score (nSPS) is 12.6. The zero-order valence-electron chi connectivity index (χ0n) is 17.8. The number of aliphatic imine (C=N–C) groups is 1. The monoisotopic (exact) mass is 421 g/mol. The van der Waals surface area contributed by atoms with Crippen LogP contribution >= 0.6 is 0 Å². The summed E-state index contributed by atoms with van der Waals surface area (Å²) in [6.07, 6.45) is 2.56. The summed E-state index contributed by atoms with van der Waals surface area (Å²) < 4.78 is 28.4. The molecule has 1 aromatic heterocycles. The summed E-state index contributed by atoms with van der Waals surface area (Å²) in [4.78, 5) is 4.51. The van der Waals surface area contributed by atoms with E-state index in [1.165, 1.54) is 4.31 Å². The molecule has 29 heavy (non-hydrogen) atoms. The topological polar surface area (TPSA) is 105 Å². The summed E-state index contributed by atoms with van der Waals surface area (Å²) in [5, 5.41) is 14.5. The average Bonchev–Trinajstić information content (AvgIpc) is 3.17. The predicted molar refractivity (Wildman–Crippen MR) is 114 cm³/mol. The quantitative estimate of drug-likeness (QED) is 0.466. The van der Waals surface area contributed by atoms with Crippen LogP contribution in [0.5, 0.6) is 0 Å². The zero-order chi connectivity index (χ0) is 21.4. The van der Waals surface area contributed by atoms with Crippen LogP contribution in [0.1, 0.15) is 32.2 Å². The highest BCUT2D eigenvalue weighted by molar-refractivity contribution is 7.89. The maximum absolute atomic E-state index is 12.5. The van der Waals surface area contributed by atoms with Crippen LogP contribution in [0.4, 0.5) is 0 Å². The number of aromatic nitrogens is 3. The minimum absolute atomic E-state index is 0.0951. The van der Waals surface area contributed by atoms with Crippen molar-refractivity contribution < 1.29 is 8.42 Å². The molecule has 9 nitrogen and oxygen atoms in total. The first-order valence-corrected chi connectivity index (χ1v) is 11.1. The summed E-state index contributed by atoms with van der Waals surface area (Å²) in [6.45, 7) is 7.70. The van der Waals surface area contributed by atoms with E-state index in [4.69, 9.17) is 0 Å². The van der Waals surface area contributed by atoms with Gasteiger partial charge in [-0.05, 0) is 31.5 Å². The third kappa shape index (κ3) is 6.01. The van der Waals surface area contributed by atoms with Crippen molar-refractivity contribution in [1.29, 1.82) is 0 Å². The molecule has 0 bridgehead atoms. The molecule has 0 unspecified atom stereocenters.